The summed E-state index contributed by atoms with van der Waals surface area (Å²) < 4.78 is 79.2. The first kappa shape index (κ1) is 17.0. The Hall–Kier alpha value is -3.16. The van der Waals surface area contributed by atoms with Gasteiger partial charge in [0.25, 0.3) is 0 Å². The lowest BCUT2D eigenvalue weighted by Gasteiger charge is -2.12. The Balaban J connectivity index is 1.77. The molecule has 0 amide bonds. The fourth-order valence-corrected chi connectivity index (χ4v) is 3.65. The molecule has 3 aromatic carbocycles. The maximum Gasteiger partial charge on any atom is 0.417 e. The summed E-state index contributed by atoms with van der Waals surface area (Å²) in [6.45, 7) is 0. The van der Waals surface area contributed by atoms with Crippen LogP contribution in [0, 0.1) is 0 Å². The first-order valence-corrected chi connectivity index (χ1v) is 8.17. The highest BCUT2D eigenvalue weighted by atomic mass is 19.4. The van der Waals surface area contributed by atoms with Gasteiger partial charge in [0.2, 0.25) is 0 Å². The molecule has 3 aromatic rings. The number of benzene rings is 3. The van der Waals surface area contributed by atoms with Gasteiger partial charge < -0.3 is 0 Å². The molecule has 0 bridgehead atoms. The molecule has 0 spiro atoms. The van der Waals surface area contributed by atoms with Crippen LogP contribution in [0.15, 0.2) is 58.5 Å². The van der Waals surface area contributed by atoms with E-state index >= 15 is 0 Å². The van der Waals surface area contributed by atoms with Crippen molar-refractivity contribution in [3.8, 4) is 22.3 Å². The van der Waals surface area contributed by atoms with Crippen LogP contribution < -0.4 is 10.7 Å². The van der Waals surface area contributed by atoms with Crippen LogP contribution in [0.4, 0.5) is 37.7 Å². The summed E-state index contributed by atoms with van der Waals surface area (Å²) >= 11 is 0. The van der Waals surface area contributed by atoms with Crippen molar-refractivity contribution in [3.05, 3.63) is 70.4 Å². The average molecular weight is 390 g/mol. The highest BCUT2D eigenvalue weighted by Gasteiger charge is 2.37. The van der Waals surface area contributed by atoms with E-state index in [0.29, 0.717) is 11.1 Å². The maximum atomic E-state index is 13.4. The third-order valence-corrected chi connectivity index (χ3v) is 4.85. The summed E-state index contributed by atoms with van der Waals surface area (Å²) in [4.78, 5) is 8.56. The molecule has 2 heterocycles. The highest BCUT2D eigenvalue weighted by molar-refractivity contribution is 5.86. The van der Waals surface area contributed by atoms with Gasteiger partial charge >= 0.3 is 12.4 Å². The standard InChI is InChI=1S/C20H8F6N2/c21-19(22,23)9-4-5-10-11-6-7-12-16-13(20(24,25)26)2-1-3-14(16)27-18(12)17(11)28-15(10)8-9/h1-8H. The van der Waals surface area contributed by atoms with Gasteiger partial charge in [-0.25, -0.2) is 9.98 Å². The number of hydrogen-bond acceptors (Lipinski definition) is 2. The molecule has 2 nitrogen and oxygen atoms in total. The molecule has 0 N–H and O–H groups in total. The molecule has 0 saturated carbocycles. The van der Waals surface area contributed by atoms with Crippen molar-refractivity contribution in [2.24, 2.45) is 9.98 Å². The van der Waals surface area contributed by atoms with Crippen molar-refractivity contribution in [2.45, 2.75) is 12.4 Å². The Labute approximate surface area is 153 Å². The number of nitrogens with zero attached hydrogens (tertiary/aromatic N) is 2. The Morgan fingerprint density at radius 3 is 1.96 bits per heavy atom. The zero-order valence-electron chi connectivity index (χ0n) is 13.8. The molecule has 0 radical (unpaired) electrons. The van der Waals surface area contributed by atoms with E-state index in [1.54, 1.807) is 6.07 Å². The molecule has 0 atom stereocenters. The van der Waals surface area contributed by atoms with E-state index in [0.717, 1.165) is 18.2 Å². The van der Waals surface area contributed by atoms with Crippen molar-refractivity contribution in [1.82, 2.24) is 0 Å². The fourth-order valence-electron chi connectivity index (χ4n) is 3.65. The molecule has 0 saturated heterocycles. The smallest absolute Gasteiger partial charge is 0.245 e. The van der Waals surface area contributed by atoms with E-state index in [-0.39, 0.29) is 33.2 Å². The molecule has 140 valence electrons. The molecular weight excluding hydrogens is 382 g/mol. The van der Waals surface area contributed by atoms with Crippen LogP contribution in [0.1, 0.15) is 11.1 Å². The minimum Gasteiger partial charge on any atom is -0.245 e. The van der Waals surface area contributed by atoms with E-state index in [9.17, 15) is 26.3 Å². The Morgan fingerprint density at radius 1 is 0.607 bits per heavy atom. The van der Waals surface area contributed by atoms with Crippen LogP contribution in [0.5, 0.6) is 0 Å². The Kier molecular flexibility index (Phi) is 3.16. The molecule has 28 heavy (non-hydrogen) atoms. The number of hydrogen-bond donors (Lipinski definition) is 0. The molecule has 8 heteroatoms. The topological polar surface area (TPSA) is 24.7 Å². The number of halogens is 6. The highest BCUT2D eigenvalue weighted by Crippen LogP contribution is 2.44. The molecule has 2 aliphatic heterocycles. The van der Waals surface area contributed by atoms with Gasteiger partial charge in [0, 0.05) is 22.3 Å². The van der Waals surface area contributed by atoms with Crippen molar-refractivity contribution in [3.63, 3.8) is 0 Å². The van der Waals surface area contributed by atoms with Crippen LogP contribution >= 0.6 is 0 Å². The molecule has 5 rings (SSSR count). The summed E-state index contributed by atoms with van der Waals surface area (Å²) in [6, 6.07) is 10.0. The van der Waals surface area contributed by atoms with Crippen molar-refractivity contribution in [1.29, 1.82) is 0 Å². The first-order valence-electron chi connectivity index (χ1n) is 8.17. The lowest BCUT2D eigenvalue weighted by atomic mass is 9.96. The van der Waals surface area contributed by atoms with Crippen LogP contribution in [-0.2, 0) is 12.4 Å². The first-order chi connectivity index (χ1) is 13.1. The van der Waals surface area contributed by atoms with Gasteiger partial charge in [-0.1, -0.05) is 24.3 Å². The van der Waals surface area contributed by atoms with Gasteiger partial charge in [-0.15, -0.1) is 0 Å². The van der Waals surface area contributed by atoms with E-state index in [4.69, 9.17) is 0 Å². The second-order valence-corrected chi connectivity index (χ2v) is 6.51. The lowest BCUT2D eigenvalue weighted by molar-refractivity contribution is -0.138. The Morgan fingerprint density at radius 2 is 1.25 bits per heavy atom. The molecular formula is C20H8F6N2. The third-order valence-electron chi connectivity index (χ3n) is 4.85. The van der Waals surface area contributed by atoms with Crippen LogP contribution in [0.3, 0.4) is 0 Å². The number of fused-ring (bicyclic) bond motifs is 7. The summed E-state index contributed by atoms with van der Waals surface area (Å²) in [6.07, 6.45) is -9.06. The van der Waals surface area contributed by atoms with Gasteiger partial charge in [-0.3, -0.25) is 0 Å². The maximum absolute atomic E-state index is 13.4. The fraction of sp³-hybridized carbons (Fsp3) is 0.100. The van der Waals surface area contributed by atoms with Crippen LogP contribution in [-0.4, -0.2) is 0 Å². The molecule has 2 aliphatic rings. The molecule has 0 aliphatic carbocycles. The van der Waals surface area contributed by atoms with E-state index in [2.05, 4.69) is 9.98 Å². The predicted octanol–water partition coefficient (Wildman–Crippen LogP) is 5.59. The minimum absolute atomic E-state index is 0.0325. The van der Waals surface area contributed by atoms with E-state index in [1.165, 1.54) is 24.3 Å². The summed E-state index contributed by atoms with van der Waals surface area (Å²) in [5.74, 6) is 0. The van der Waals surface area contributed by atoms with Crippen LogP contribution in [0.25, 0.3) is 22.3 Å². The molecule has 0 aromatic heterocycles. The van der Waals surface area contributed by atoms with Crippen LogP contribution in [0.2, 0.25) is 0 Å². The summed E-state index contributed by atoms with van der Waals surface area (Å²) in [7, 11) is 0. The zero-order chi connectivity index (χ0) is 19.8. The average Bonchev–Trinajstić information content (AvgIpc) is 3.17. The predicted molar refractivity (Wildman–Crippen MR) is 89.0 cm³/mol. The Bertz CT molecular complexity index is 1290. The lowest BCUT2D eigenvalue weighted by Crippen LogP contribution is -2.25. The second kappa shape index (κ2) is 5.21. The van der Waals surface area contributed by atoms with Gasteiger partial charge in [0.1, 0.15) is 0 Å². The van der Waals surface area contributed by atoms with Gasteiger partial charge in [-0.2, -0.15) is 26.3 Å². The minimum atomic E-state index is -4.55. The van der Waals surface area contributed by atoms with Crippen molar-refractivity contribution >= 4 is 11.4 Å². The van der Waals surface area contributed by atoms with E-state index in [1.807, 2.05) is 0 Å². The van der Waals surface area contributed by atoms with Crippen molar-refractivity contribution < 1.29 is 26.3 Å². The monoisotopic (exact) mass is 390 g/mol. The number of rotatable bonds is 0. The number of alkyl halides is 6. The summed E-state index contributed by atoms with van der Waals surface area (Å²) in [5.41, 5.74) is -0.0630. The summed E-state index contributed by atoms with van der Waals surface area (Å²) in [5, 5.41) is 0.533. The van der Waals surface area contributed by atoms with Crippen molar-refractivity contribution in [2.75, 3.05) is 0 Å². The van der Waals surface area contributed by atoms with Gasteiger partial charge in [0.15, 0.2) is 0 Å². The largest absolute Gasteiger partial charge is 0.417 e. The van der Waals surface area contributed by atoms with Gasteiger partial charge in [0.05, 0.1) is 33.2 Å². The normalized spacial score (nSPS) is 13.9. The van der Waals surface area contributed by atoms with E-state index < -0.39 is 23.5 Å². The molecule has 0 fully saturated rings. The quantitative estimate of drug-likeness (QED) is 0.308. The zero-order valence-corrected chi connectivity index (χ0v) is 13.8. The van der Waals surface area contributed by atoms with Gasteiger partial charge in [-0.05, 0) is 24.3 Å². The third kappa shape index (κ3) is 2.30. The SMILES string of the molecule is FC(F)(F)c1ccc2c(c1)N=c1c-2ccc2c1=Nc1cccc(C(F)(F)F)c1-2. The second-order valence-electron chi connectivity index (χ2n) is 6.51. The molecule has 0 unspecified atom stereocenters.